The Morgan fingerprint density at radius 1 is 1.45 bits per heavy atom. The van der Waals surface area contributed by atoms with E-state index in [1.807, 2.05) is 12.1 Å². The van der Waals surface area contributed by atoms with Gasteiger partial charge in [-0.25, -0.2) is 14.8 Å². The van der Waals surface area contributed by atoms with Crippen molar-refractivity contribution >= 4 is 11.8 Å². The molecule has 0 aliphatic heterocycles. The van der Waals surface area contributed by atoms with Gasteiger partial charge in [-0.15, -0.1) is 0 Å². The van der Waals surface area contributed by atoms with Gasteiger partial charge in [0.15, 0.2) is 5.69 Å². The maximum Gasteiger partial charge on any atom is 0.358 e. The van der Waals surface area contributed by atoms with Gasteiger partial charge in [0, 0.05) is 6.04 Å². The van der Waals surface area contributed by atoms with E-state index < -0.39 is 5.97 Å². The number of nitrogens with zero attached hydrogens (tertiary/aromatic N) is 3. The second-order valence-electron chi connectivity index (χ2n) is 4.69. The molecule has 0 saturated heterocycles. The van der Waals surface area contributed by atoms with Crippen molar-refractivity contribution in [2.45, 2.75) is 25.4 Å². The van der Waals surface area contributed by atoms with Crippen molar-refractivity contribution < 1.29 is 13.9 Å². The Morgan fingerprint density at radius 2 is 2.30 bits per heavy atom. The highest BCUT2D eigenvalue weighted by molar-refractivity contribution is 5.86. The predicted octanol–water partition coefficient (Wildman–Crippen LogP) is 2.03. The van der Waals surface area contributed by atoms with Crippen LogP contribution in [0.5, 0.6) is 0 Å². The fourth-order valence-corrected chi connectivity index (χ4v) is 2.03. The lowest BCUT2D eigenvalue weighted by molar-refractivity contribution is 0.0593. The number of aromatic nitrogens is 2. The van der Waals surface area contributed by atoms with E-state index in [0.717, 1.165) is 24.4 Å². The minimum atomic E-state index is -0.479. The molecule has 2 aromatic rings. The van der Waals surface area contributed by atoms with Crippen molar-refractivity contribution in [2.24, 2.45) is 0 Å². The topological polar surface area (TPSA) is 68.5 Å². The van der Waals surface area contributed by atoms with Gasteiger partial charge in [-0.05, 0) is 25.0 Å². The summed E-state index contributed by atoms with van der Waals surface area (Å²) < 4.78 is 9.99. The first-order valence-electron chi connectivity index (χ1n) is 6.47. The number of hydrogen-bond acceptors (Lipinski definition) is 6. The number of methoxy groups -OCH3 is 1. The summed E-state index contributed by atoms with van der Waals surface area (Å²) in [6, 6.07) is 4.27. The SMILES string of the molecule is COC(=O)c1cnc(N(Cc2ccco2)C2CC2)cn1. The summed E-state index contributed by atoms with van der Waals surface area (Å²) in [5, 5.41) is 0. The molecule has 1 aliphatic rings. The van der Waals surface area contributed by atoms with Crippen molar-refractivity contribution in [2.75, 3.05) is 12.0 Å². The van der Waals surface area contributed by atoms with E-state index in [-0.39, 0.29) is 5.69 Å². The van der Waals surface area contributed by atoms with Gasteiger partial charge in [0.1, 0.15) is 11.6 Å². The fourth-order valence-electron chi connectivity index (χ4n) is 2.03. The maximum atomic E-state index is 11.3. The summed E-state index contributed by atoms with van der Waals surface area (Å²) in [5.41, 5.74) is 0.213. The number of carbonyl (C=O) groups is 1. The van der Waals surface area contributed by atoms with Crippen molar-refractivity contribution in [3.8, 4) is 0 Å². The Kier molecular flexibility index (Phi) is 3.37. The van der Waals surface area contributed by atoms with Gasteiger partial charge in [0.25, 0.3) is 0 Å². The van der Waals surface area contributed by atoms with Crippen LogP contribution in [0.25, 0.3) is 0 Å². The smallest absolute Gasteiger partial charge is 0.358 e. The van der Waals surface area contributed by atoms with Crippen LogP contribution in [0.15, 0.2) is 35.2 Å². The number of furan rings is 1. The quantitative estimate of drug-likeness (QED) is 0.776. The molecule has 2 heterocycles. The molecule has 1 aliphatic carbocycles. The van der Waals surface area contributed by atoms with Gasteiger partial charge in [-0.3, -0.25) is 0 Å². The number of hydrogen-bond donors (Lipinski definition) is 0. The lowest BCUT2D eigenvalue weighted by atomic mass is 10.3. The van der Waals surface area contributed by atoms with Gasteiger partial charge >= 0.3 is 5.97 Å². The minimum Gasteiger partial charge on any atom is -0.467 e. The first-order valence-corrected chi connectivity index (χ1v) is 6.47. The third-order valence-electron chi connectivity index (χ3n) is 3.22. The average molecular weight is 273 g/mol. The highest BCUT2D eigenvalue weighted by Crippen LogP contribution is 2.31. The Bertz CT molecular complexity index is 576. The predicted molar refractivity (Wildman–Crippen MR) is 71.3 cm³/mol. The zero-order chi connectivity index (χ0) is 13.9. The Morgan fingerprint density at radius 3 is 2.85 bits per heavy atom. The zero-order valence-electron chi connectivity index (χ0n) is 11.2. The van der Waals surface area contributed by atoms with Crippen LogP contribution < -0.4 is 4.90 Å². The molecule has 1 fully saturated rings. The average Bonchev–Trinajstić information content (AvgIpc) is 3.21. The van der Waals surface area contributed by atoms with Crippen LogP contribution in [-0.2, 0) is 11.3 Å². The molecule has 3 rings (SSSR count). The van der Waals surface area contributed by atoms with Crippen LogP contribution in [0.2, 0.25) is 0 Å². The van der Waals surface area contributed by atoms with Gasteiger partial charge in [0.2, 0.25) is 0 Å². The minimum absolute atomic E-state index is 0.213. The molecule has 104 valence electrons. The van der Waals surface area contributed by atoms with Crippen LogP contribution in [0.1, 0.15) is 29.1 Å². The Labute approximate surface area is 116 Å². The van der Waals surface area contributed by atoms with Crippen LogP contribution in [0, 0.1) is 0 Å². The third kappa shape index (κ3) is 2.64. The lowest BCUT2D eigenvalue weighted by Crippen LogP contribution is -2.26. The standard InChI is InChI=1S/C14H15N3O3/c1-19-14(18)12-7-16-13(8-15-12)17(10-4-5-10)9-11-3-2-6-20-11/h2-3,6-8,10H,4-5,9H2,1H3. The van der Waals surface area contributed by atoms with Crippen LogP contribution in [-0.4, -0.2) is 29.1 Å². The molecule has 0 amide bonds. The molecule has 0 radical (unpaired) electrons. The van der Waals surface area contributed by atoms with Gasteiger partial charge in [-0.1, -0.05) is 0 Å². The molecule has 0 aromatic carbocycles. The number of esters is 1. The van der Waals surface area contributed by atoms with Crippen LogP contribution in [0.3, 0.4) is 0 Å². The number of ether oxygens (including phenoxy) is 1. The van der Waals surface area contributed by atoms with E-state index in [1.54, 1.807) is 12.5 Å². The first-order chi connectivity index (χ1) is 9.78. The van der Waals surface area contributed by atoms with Crippen molar-refractivity contribution in [3.63, 3.8) is 0 Å². The fraction of sp³-hybridized carbons (Fsp3) is 0.357. The molecule has 0 atom stereocenters. The molecule has 6 nitrogen and oxygen atoms in total. The second-order valence-corrected chi connectivity index (χ2v) is 4.69. The summed E-state index contributed by atoms with van der Waals surface area (Å²) in [5.74, 6) is 1.15. The second kappa shape index (κ2) is 5.32. The lowest BCUT2D eigenvalue weighted by Gasteiger charge is -2.21. The Hall–Kier alpha value is -2.37. The molecule has 1 saturated carbocycles. The van der Waals surface area contributed by atoms with Gasteiger partial charge < -0.3 is 14.1 Å². The maximum absolute atomic E-state index is 11.3. The summed E-state index contributed by atoms with van der Waals surface area (Å²) in [7, 11) is 1.32. The number of rotatable bonds is 5. The van der Waals surface area contributed by atoms with E-state index >= 15 is 0 Å². The van der Waals surface area contributed by atoms with E-state index in [2.05, 4.69) is 19.6 Å². The summed E-state index contributed by atoms with van der Waals surface area (Å²) in [4.78, 5) is 21.9. The summed E-state index contributed by atoms with van der Waals surface area (Å²) in [6.45, 7) is 0.657. The third-order valence-corrected chi connectivity index (χ3v) is 3.22. The molecule has 20 heavy (non-hydrogen) atoms. The van der Waals surface area contributed by atoms with E-state index in [4.69, 9.17) is 4.42 Å². The monoisotopic (exact) mass is 273 g/mol. The van der Waals surface area contributed by atoms with Gasteiger partial charge in [-0.2, -0.15) is 0 Å². The van der Waals surface area contributed by atoms with Gasteiger partial charge in [0.05, 0.1) is 32.3 Å². The van der Waals surface area contributed by atoms with E-state index in [9.17, 15) is 4.79 Å². The normalized spacial score (nSPS) is 14.1. The molecule has 0 spiro atoms. The first kappa shape index (κ1) is 12.7. The van der Waals surface area contributed by atoms with Crippen LogP contribution in [0.4, 0.5) is 5.82 Å². The number of anilines is 1. The summed E-state index contributed by atoms with van der Waals surface area (Å²) >= 11 is 0. The van der Waals surface area contributed by atoms with Crippen LogP contribution >= 0.6 is 0 Å². The molecular weight excluding hydrogens is 258 g/mol. The zero-order valence-corrected chi connectivity index (χ0v) is 11.2. The van der Waals surface area contributed by atoms with E-state index in [1.165, 1.54) is 13.3 Å². The highest BCUT2D eigenvalue weighted by Gasteiger charge is 2.31. The van der Waals surface area contributed by atoms with E-state index in [0.29, 0.717) is 12.6 Å². The molecule has 2 aromatic heterocycles. The van der Waals surface area contributed by atoms with Crippen molar-refractivity contribution in [3.05, 3.63) is 42.2 Å². The van der Waals surface area contributed by atoms with Crippen molar-refractivity contribution in [1.82, 2.24) is 9.97 Å². The summed E-state index contributed by atoms with van der Waals surface area (Å²) in [6.07, 6.45) is 6.99. The number of carbonyl (C=O) groups excluding carboxylic acids is 1. The molecule has 0 unspecified atom stereocenters. The van der Waals surface area contributed by atoms with Crippen molar-refractivity contribution in [1.29, 1.82) is 0 Å². The largest absolute Gasteiger partial charge is 0.467 e. The highest BCUT2D eigenvalue weighted by atomic mass is 16.5. The molecule has 0 bridgehead atoms. The molecule has 0 N–H and O–H groups in total. The molecular formula is C14H15N3O3. The Balaban J connectivity index is 1.79. The molecule has 6 heteroatoms.